The van der Waals surface area contributed by atoms with Crippen LogP contribution in [0.5, 0.6) is 0 Å². The molecule has 5 amide bonds. The molecule has 0 spiro atoms. The molecular weight excluding hydrogens is 710 g/mol. The van der Waals surface area contributed by atoms with Crippen LogP contribution < -0.4 is 26.6 Å². The number of rotatable bonds is 22. The van der Waals surface area contributed by atoms with Crippen molar-refractivity contribution in [1.29, 1.82) is 0 Å². The minimum Gasteiger partial charge on any atom is -0.465 e. The summed E-state index contributed by atoms with van der Waals surface area (Å²) >= 11 is 0. The zero-order valence-corrected chi connectivity index (χ0v) is 31.9. The molecule has 0 aromatic rings. The van der Waals surface area contributed by atoms with Gasteiger partial charge in [-0.3, -0.25) is 58.0 Å². The van der Waals surface area contributed by atoms with Gasteiger partial charge in [0, 0.05) is 65.4 Å². The van der Waals surface area contributed by atoms with Crippen molar-refractivity contribution >= 4 is 47.4 Å². The van der Waals surface area contributed by atoms with Crippen molar-refractivity contribution in [3.8, 4) is 0 Å². The molecule has 0 atom stereocenters. The summed E-state index contributed by atoms with van der Waals surface area (Å²) in [6, 6.07) is 0. The van der Waals surface area contributed by atoms with Crippen LogP contribution in [0.4, 0.5) is 0 Å². The van der Waals surface area contributed by atoms with Crippen molar-refractivity contribution in [2.24, 2.45) is 0 Å². The van der Waals surface area contributed by atoms with E-state index in [-0.39, 0.29) is 77.4 Å². The topological polar surface area (TPSA) is 237 Å². The van der Waals surface area contributed by atoms with Crippen LogP contribution >= 0.6 is 0 Å². The Morgan fingerprint density at radius 3 is 1.04 bits per heavy atom. The number of carbonyl (C=O) groups excluding carboxylic acids is 8. The number of nitrogens with one attached hydrogen (secondary N) is 5. The van der Waals surface area contributed by atoms with Crippen LogP contribution in [0.1, 0.15) is 27.2 Å². The maximum absolute atomic E-state index is 13.0. The van der Waals surface area contributed by atoms with Crippen LogP contribution in [0.2, 0.25) is 0 Å². The van der Waals surface area contributed by atoms with Crippen molar-refractivity contribution < 1.29 is 52.6 Å². The lowest BCUT2D eigenvalue weighted by Gasteiger charge is -2.33. The van der Waals surface area contributed by atoms with Gasteiger partial charge in [-0.2, -0.15) is 0 Å². The Morgan fingerprint density at radius 2 is 0.759 bits per heavy atom. The van der Waals surface area contributed by atoms with Crippen LogP contribution in [0.3, 0.4) is 0 Å². The highest BCUT2D eigenvalue weighted by Gasteiger charge is 2.22. The minimum absolute atomic E-state index is 0.0115. The number of nitrogens with zero attached hydrogens (tertiary/aromatic N) is 4. The Kier molecular flexibility index (Phi) is 25.3. The van der Waals surface area contributed by atoms with Crippen LogP contribution in [-0.2, 0) is 52.6 Å². The Labute approximate surface area is 317 Å². The molecule has 1 rings (SSSR count). The summed E-state index contributed by atoms with van der Waals surface area (Å²) in [5, 5.41) is 13.2. The van der Waals surface area contributed by atoms with Gasteiger partial charge in [0.05, 0.1) is 46.0 Å². The van der Waals surface area contributed by atoms with Crippen LogP contribution in [0.15, 0.2) is 12.7 Å². The number of carbonyl (C=O) groups is 8. The summed E-state index contributed by atoms with van der Waals surface area (Å²) in [5.41, 5.74) is 0. The molecule has 0 aliphatic carbocycles. The third-order valence-electron chi connectivity index (χ3n) is 7.76. The van der Waals surface area contributed by atoms with Gasteiger partial charge in [0.15, 0.2) is 0 Å². The average molecular weight is 770 g/mol. The zero-order chi connectivity index (χ0) is 40.1. The molecule has 54 heavy (non-hydrogen) atoms. The first-order valence-corrected chi connectivity index (χ1v) is 18.2. The van der Waals surface area contributed by atoms with Crippen molar-refractivity contribution in [2.75, 3.05) is 131 Å². The molecule has 1 fully saturated rings. The Bertz CT molecular complexity index is 1190. The van der Waals surface area contributed by atoms with Crippen molar-refractivity contribution in [3.63, 3.8) is 0 Å². The van der Waals surface area contributed by atoms with Gasteiger partial charge in [0.25, 0.3) is 0 Å². The van der Waals surface area contributed by atoms with Crippen LogP contribution in [0, 0.1) is 0 Å². The van der Waals surface area contributed by atoms with E-state index in [1.165, 1.54) is 6.08 Å². The number of hydrogen-bond donors (Lipinski definition) is 5. The first-order chi connectivity index (χ1) is 25.9. The Hall–Kier alpha value is -4.66. The summed E-state index contributed by atoms with van der Waals surface area (Å²) in [5.74, 6) is -3.53. The average Bonchev–Trinajstić information content (AvgIpc) is 3.13. The van der Waals surface area contributed by atoms with E-state index in [4.69, 9.17) is 14.2 Å². The molecule has 1 aliphatic heterocycles. The molecule has 306 valence electrons. The number of ether oxygens (including phenoxy) is 3. The predicted molar refractivity (Wildman–Crippen MR) is 196 cm³/mol. The third kappa shape index (κ3) is 23.8. The van der Waals surface area contributed by atoms with E-state index in [1.54, 1.807) is 20.8 Å². The molecule has 1 aliphatic rings. The third-order valence-corrected chi connectivity index (χ3v) is 7.76. The summed E-state index contributed by atoms with van der Waals surface area (Å²) in [4.78, 5) is 106. The molecule has 20 heteroatoms. The first-order valence-electron chi connectivity index (χ1n) is 18.2. The van der Waals surface area contributed by atoms with Gasteiger partial charge in [-0.25, -0.2) is 0 Å². The van der Waals surface area contributed by atoms with E-state index in [1.807, 2.05) is 19.6 Å². The smallest absolute Gasteiger partial charge is 0.325 e. The van der Waals surface area contributed by atoms with Crippen LogP contribution in [0.25, 0.3) is 0 Å². The normalized spacial score (nSPS) is 14.9. The van der Waals surface area contributed by atoms with E-state index >= 15 is 0 Å². The summed E-state index contributed by atoms with van der Waals surface area (Å²) in [6.45, 7) is 11.1. The largest absolute Gasteiger partial charge is 0.465 e. The summed E-state index contributed by atoms with van der Waals surface area (Å²) < 4.78 is 14.7. The minimum atomic E-state index is -0.574. The lowest BCUT2D eigenvalue weighted by Crippen LogP contribution is -2.52. The number of esters is 3. The zero-order valence-electron chi connectivity index (χ0n) is 31.9. The Morgan fingerprint density at radius 1 is 0.481 bits per heavy atom. The van der Waals surface area contributed by atoms with Crippen LogP contribution in [-0.4, -0.2) is 198 Å². The summed E-state index contributed by atoms with van der Waals surface area (Å²) in [7, 11) is 0. The first kappa shape index (κ1) is 47.4. The monoisotopic (exact) mass is 769 g/mol. The highest BCUT2D eigenvalue weighted by atomic mass is 16.5. The molecular formula is C34H59N9O11. The molecule has 20 nitrogen and oxygen atoms in total. The lowest BCUT2D eigenvalue weighted by atomic mass is 10.3. The van der Waals surface area contributed by atoms with E-state index in [9.17, 15) is 38.4 Å². The maximum Gasteiger partial charge on any atom is 0.325 e. The molecule has 5 N–H and O–H groups in total. The van der Waals surface area contributed by atoms with Gasteiger partial charge >= 0.3 is 17.9 Å². The molecule has 0 radical (unpaired) electrons. The number of amides is 5. The second kappa shape index (κ2) is 28.8. The highest BCUT2D eigenvalue weighted by molar-refractivity contribution is 5.87. The predicted octanol–water partition coefficient (Wildman–Crippen LogP) is -3.95. The molecule has 0 bridgehead atoms. The van der Waals surface area contributed by atoms with Crippen molar-refractivity contribution in [2.45, 2.75) is 27.2 Å². The fourth-order valence-electron chi connectivity index (χ4n) is 5.00. The molecule has 0 aromatic carbocycles. The molecule has 0 aromatic heterocycles. The molecule has 0 saturated carbocycles. The van der Waals surface area contributed by atoms with Crippen molar-refractivity contribution in [1.82, 2.24) is 46.2 Å². The fourth-order valence-corrected chi connectivity index (χ4v) is 5.00. The SMILES string of the molecule is C=CC(=O)NCCCNC(=O)CN1CCN(CC(=O)NCC(=O)OCC)CCN(CC(=O)NCC(=O)OCC)CCN(CC(=O)NCC(=O)OCC)CC1. The van der Waals surface area contributed by atoms with E-state index in [0.717, 1.165) is 0 Å². The fraction of sp³-hybridized carbons (Fsp3) is 0.706. The Balaban J connectivity index is 3.15. The standard InChI is InChI=1S/C34H59N9O11/c1-5-27(44)35-10-9-11-36-28(45)23-40-12-14-41(24-29(46)37-20-32(49)52-6-2)16-18-43(26-31(48)39-22-34(51)54-8-4)19-17-42(15-13-40)25-30(47)38-21-33(50)53-7-3/h5H,1,6-26H2,2-4H3,(H,35,44)(H,36,45)(H,37,46)(H,38,47)(H,39,48). The van der Waals surface area contributed by atoms with Crippen molar-refractivity contribution in [3.05, 3.63) is 12.7 Å². The molecule has 0 unspecified atom stereocenters. The molecule has 1 saturated heterocycles. The summed E-state index contributed by atoms with van der Waals surface area (Å²) in [6.07, 6.45) is 1.67. The van der Waals surface area contributed by atoms with E-state index in [2.05, 4.69) is 33.2 Å². The highest BCUT2D eigenvalue weighted by Crippen LogP contribution is 2.02. The van der Waals surface area contributed by atoms with Gasteiger partial charge in [-0.1, -0.05) is 6.58 Å². The second-order valence-electron chi connectivity index (χ2n) is 12.0. The van der Waals surface area contributed by atoms with Gasteiger partial charge in [-0.15, -0.1) is 0 Å². The second-order valence-corrected chi connectivity index (χ2v) is 12.0. The quantitative estimate of drug-likeness (QED) is 0.0306. The van der Waals surface area contributed by atoms with Gasteiger partial charge in [-0.05, 0) is 33.3 Å². The van der Waals surface area contributed by atoms with E-state index in [0.29, 0.717) is 71.9 Å². The van der Waals surface area contributed by atoms with Gasteiger partial charge in [0.2, 0.25) is 29.5 Å². The number of hydrogen-bond acceptors (Lipinski definition) is 15. The van der Waals surface area contributed by atoms with E-state index < -0.39 is 35.6 Å². The molecule has 1 heterocycles. The van der Waals surface area contributed by atoms with Gasteiger partial charge < -0.3 is 40.8 Å². The van der Waals surface area contributed by atoms with Gasteiger partial charge in [0.1, 0.15) is 19.6 Å². The lowest BCUT2D eigenvalue weighted by molar-refractivity contribution is -0.144. The maximum atomic E-state index is 13.0.